The smallest absolute Gasteiger partial charge is 0.127 e. The lowest BCUT2D eigenvalue weighted by atomic mass is 9.90. The number of benzene rings is 1. The molecule has 104 valence electrons. The Hall–Kier alpha value is -0.930. The highest BCUT2D eigenvalue weighted by Crippen LogP contribution is 2.37. The van der Waals surface area contributed by atoms with Crippen LogP contribution >= 0.6 is 0 Å². The molecule has 0 spiro atoms. The Morgan fingerprint density at radius 1 is 1.16 bits per heavy atom. The third kappa shape index (κ3) is 3.54. The fraction of sp³-hybridized carbons (Fsp3) is 0.625. The van der Waals surface area contributed by atoms with Crippen molar-refractivity contribution in [1.82, 2.24) is 4.90 Å². The standard InChI is InChI=1S/C16H23FN2/c17-16-4-2-1-3-14(16)10-19-9-13(7-12-5-6-12)8-15(18)11-19/h1-4,12-13,15H,5-11,18H2. The summed E-state index contributed by atoms with van der Waals surface area (Å²) < 4.78 is 13.7. The van der Waals surface area contributed by atoms with E-state index < -0.39 is 0 Å². The molecule has 2 atom stereocenters. The maximum absolute atomic E-state index is 13.7. The quantitative estimate of drug-likeness (QED) is 0.904. The maximum atomic E-state index is 13.7. The van der Waals surface area contributed by atoms with Crippen LogP contribution in [0, 0.1) is 17.7 Å². The number of piperidine rings is 1. The van der Waals surface area contributed by atoms with Gasteiger partial charge in [-0.15, -0.1) is 0 Å². The number of likely N-dealkylation sites (tertiary alicyclic amines) is 1. The van der Waals surface area contributed by atoms with Crippen LogP contribution in [0.1, 0.15) is 31.2 Å². The minimum atomic E-state index is -0.0969. The second-order valence-electron chi connectivity index (χ2n) is 6.33. The molecule has 1 aliphatic carbocycles. The van der Waals surface area contributed by atoms with Crippen LogP contribution in [-0.2, 0) is 6.54 Å². The van der Waals surface area contributed by atoms with Crippen molar-refractivity contribution in [1.29, 1.82) is 0 Å². The zero-order chi connectivity index (χ0) is 13.2. The van der Waals surface area contributed by atoms with E-state index in [1.54, 1.807) is 12.1 Å². The summed E-state index contributed by atoms with van der Waals surface area (Å²) in [5.74, 6) is 1.56. The molecule has 1 aromatic carbocycles. The largest absolute Gasteiger partial charge is 0.327 e. The van der Waals surface area contributed by atoms with Gasteiger partial charge in [-0.05, 0) is 30.7 Å². The number of nitrogens with two attached hydrogens (primary N) is 1. The summed E-state index contributed by atoms with van der Waals surface area (Å²) in [5, 5.41) is 0. The van der Waals surface area contributed by atoms with Gasteiger partial charge in [0.2, 0.25) is 0 Å². The van der Waals surface area contributed by atoms with Crippen molar-refractivity contribution in [3.8, 4) is 0 Å². The minimum Gasteiger partial charge on any atom is -0.327 e. The van der Waals surface area contributed by atoms with Gasteiger partial charge in [0.05, 0.1) is 0 Å². The molecule has 3 heteroatoms. The Morgan fingerprint density at radius 3 is 2.68 bits per heavy atom. The van der Waals surface area contributed by atoms with Crippen LogP contribution in [0.15, 0.2) is 24.3 Å². The van der Waals surface area contributed by atoms with Gasteiger partial charge in [-0.25, -0.2) is 4.39 Å². The summed E-state index contributed by atoms with van der Waals surface area (Å²) in [6.07, 6.45) is 5.27. The van der Waals surface area contributed by atoms with Gasteiger partial charge in [0.15, 0.2) is 0 Å². The molecule has 2 nitrogen and oxygen atoms in total. The van der Waals surface area contributed by atoms with Gasteiger partial charge in [-0.3, -0.25) is 4.90 Å². The van der Waals surface area contributed by atoms with Crippen molar-refractivity contribution < 1.29 is 4.39 Å². The van der Waals surface area contributed by atoms with Gasteiger partial charge in [0.1, 0.15) is 5.82 Å². The van der Waals surface area contributed by atoms with E-state index in [1.165, 1.54) is 19.3 Å². The Bertz CT molecular complexity index is 429. The van der Waals surface area contributed by atoms with E-state index >= 15 is 0 Å². The van der Waals surface area contributed by atoms with Gasteiger partial charge >= 0.3 is 0 Å². The van der Waals surface area contributed by atoms with Crippen LogP contribution in [-0.4, -0.2) is 24.0 Å². The summed E-state index contributed by atoms with van der Waals surface area (Å²) in [5.41, 5.74) is 6.96. The molecule has 1 aliphatic heterocycles. The highest BCUT2D eigenvalue weighted by atomic mass is 19.1. The predicted molar refractivity (Wildman–Crippen MR) is 75.1 cm³/mol. The van der Waals surface area contributed by atoms with Gasteiger partial charge in [0.25, 0.3) is 0 Å². The molecule has 2 N–H and O–H groups in total. The Morgan fingerprint density at radius 2 is 1.95 bits per heavy atom. The first-order valence-electron chi connectivity index (χ1n) is 7.42. The van der Waals surface area contributed by atoms with Crippen LogP contribution < -0.4 is 5.73 Å². The molecule has 19 heavy (non-hydrogen) atoms. The highest BCUT2D eigenvalue weighted by Gasteiger charge is 2.31. The zero-order valence-electron chi connectivity index (χ0n) is 11.4. The average Bonchev–Trinajstić information content (AvgIpc) is 3.15. The number of hydrogen-bond acceptors (Lipinski definition) is 2. The van der Waals surface area contributed by atoms with Crippen LogP contribution in [0.5, 0.6) is 0 Å². The number of halogens is 1. The van der Waals surface area contributed by atoms with E-state index in [4.69, 9.17) is 5.73 Å². The average molecular weight is 262 g/mol. The molecule has 3 rings (SSSR count). The van der Waals surface area contributed by atoms with E-state index in [0.29, 0.717) is 12.5 Å². The maximum Gasteiger partial charge on any atom is 0.127 e. The molecule has 0 amide bonds. The third-order valence-corrected chi connectivity index (χ3v) is 4.36. The monoisotopic (exact) mass is 262 g/mol. The van der Waals surface area contributed by atoms with Crippen molar-refractivity contribution in [3.63, 3.8) is 0 Å². The highest BCUT2D eigenvalue weighted by molar-refractivity contribution is 5.17. The molecule has 2 aliphatic rings. The van der Waals surface area contributed by atoms with Gasteiger partial charge in [0, 0.05) is 31.2 Å². The van der Waals surface area contributed by atoms with E-state index in [-0.39, 0.29) is 11.9 Å². The van der Waals surface area contributed by atoms with Crippen LogP contribution in [0.2, 0.25) is 0 Å². The molecule has 0 bridgehead atoms. The normalized spacial score (nSPS) is 28.5. The van der Waals surface area contributed by atoms with E-state index in [1.807, 2.05) is 12.1 Å². The van der Waals surface area contributed by atoms with Crippen LogP contribution in [0.4, 0.5) is 4.39 Å². The first-order chi connectivity index (χ1) is 9.20. The Kier molecular flexibility index (Phi) is 3.85. The molecule has 1 heterocycles. The molecule has 2 unspecified atom stereocenters. The SMILES string of the molecule is NC1CC(CC2CC2)CN(Cc2ccccc2F)C1. The van der Waals surface area contributed by atoms with Crippen LogP contribution in [0.25, 0.3) is 0 Å². The summed E-state index contributed by atoms with van der Waals surface area (Å²) >= 11 is 0. The lowest BCUT2D eigenvalue weighted by molar-refractivity contribution is 0.139. The Labute approximate surface area is 114 Å². The molecule has 2 fully saturated rings. The first-order valence-corrected chi connectivity index (χ1v) is 7.42. The summed E-state index contributed by atoms with van der Waals surface area (Å²) in [7, 11) is 0. The Balaban J connectivity index is 1.61. The number of nitrogens with zero attached hydrogens (tertiary/aromatic N) is 1. The van der Waals surface area contributed by atoms with Crippen molar-refractivity contribution in [2.24, 2.45) is 17.6 Å². The minimum absolute atomic E-state index is 0.0969. The first kappa shape index (κ1) is 13.1. The fourth-order valence-corrected chi connectivity index (χ4v) is 3.34. The molecule has 1 saturated carbocycles. The zero-order valence-corrected chi connectivity index (χ0v) is 11.4. The molecule has 0 radical (unpaired) electrons. The topological polar surface area (TPSA) is 29.3 Å². The summed E-state index contributed by atoms with van der Waals surface area (Å²) in [4.78, 5) is 2.33. The number of rotatable bonds is 4. The van der Waals surface area contributed by atoms with Crippen LogP contribution in [0.3, 0.4) is 0 Å². The molecule has 1 aromatic rings. The molecule has 1 saturated heterocycles. The number of hydrogen-bond donors (Lipinski definition) is 1. The second-order valence-corrected chi connectivity index (χ2v) is 6.33. The van der Waals surface area contributed by atoms with Gasteiger partial charge < -0.3 is 5.73 Å². The summed E-state index contributed by atoms with van der Waals surface area (Å²) in [6, 6.07) is 7.33. The molecular formula is C16H23FN2. The third-order valence-electron chi connectivity index (χ3n) is 4.36. The second kappa shape index (κ2) is 5.59. The van der Waals surface area contributed by atoms with Gasteiger partial charge in [-0.2, -0.15) is 0 Å². The lowest BCUT2D eigenvalue weighted by Gasteiger charge is -2.36. The van der Waals surface area contributed by atoms with E-state index in [0.717, 1.165) is 31.0 Å². The van der Waals surface area contributed by atoms with Crippen molar-refractivity contribution >= 4 is 0 Å². The summed E-state index contributed by atoms with van der Waals surface area (Å²) in [6.45, 7) is 2.68. The van der Waals surface area contributed by atoms with E-state index in [2.05, 4.69) is 4.90 Å². The molecular weight excluding hydrogens is 239 g/mol. The van der Waals surface area contributed by atoms with Crippen molar-refractivity contribution in [3.05, 3.63) is 35.6 Å². The van der Waals surface area contributed by atoms with E-state index in [9.17, 15) is 4.39 Å². The van der Waals surface area contributed by atoms with Gasteiger partial charge in [-0.1, -0.05) is 31.0 Å². The van der Waals surface area contributed by atoms with Crippen molar-refractivity contribution in [2.75, 3.05) is 13.1 Å². The molecule has 0 aromatic heterocycles. The van der Waals surface area contributed by atoms with Crippen molar-refractivity contribution in [2.45, 2.75) is 38.3 Å². The fourth-order valence-electron chi connectivity index (χ4n) is 3.34. The lowest BCUT2D eigenvalue weighted by Crippen LogP contribution is -2.46. The predicted octanol–water partition coefficient (Wildman–Crippen LogP) is 2.78.